The van der Waals surface area contributed by atoms with E-state index in [4.69, 9.17) is 14.2 Å². The number of benzene rings is 2. The Kier molecular flexibility index (Phi) is 8.77. The number of nitrogens with one attached hydrogen (secondary N) is 1. The van der Waals surface area contributed by atoms with Crippen LogP contribution < -0.4 is 19.5 Å². The number of nitrogens with zero attached hydrogens (tertiary/aromatic N) is 3. The van der Waals surface area contributed by atoms with Gasteiger partial charge in [-0.25, -0.2) is 8.42 Å². The largest absolute Gasteiger partial charge is 0.490 e. The van der Waals surface area contributed by atoms with Crippen LogP contribution in [0.3, 0.4) is 0 Å². The average molecular weight is 515 g/mol. The maximum Gasteiger partial charge on any atom is 0.268 e. The van der Waals surface area contributed by atoms with E-state index in [-0.39, 0.29) is 21.7 Å². The lowest BCUT2D eigenvalue weighted by atomic mass is 10.1. The molecular weight excluding hydrogens is 492 g/mol. The fraction of sp³-hybridized carbons (Fsp3) is 0.217. The molecule has 35 heavy (non-hydrogen) atoms. The zero-order chi connectivity index (χ0) is 25.3. The minimum absolute atomic E-state index is 0.0342. The van der Waals surface area contributed by atoms with E-state index < -0.39 is 15.7 Å². The number of carbonyl (C=O) groups excluding carboxylic acids is 1. The number of rotatable bonds is 11. The zero-order valence-electron chi connectivity index (χ0n) is 18.9. The second kappa shape index (κ2) is 12.0. The van der Waals surface area contributed by atoms with E-state index in [1.807, 2.05) is 43.3 Å². The third-order valence-corrected chi connectivity index (χ3v) is 6.75. The Morgan fingerprint density at radius 3 is 2.49 bits per heavy atom. The lowest BCUT2D eigenvalue weighted by Gasteiger charge is -2.13. The Hall–Kier alpha value is -3.95. The first-order chi connectivity index (χ1) is 16.8. The number of ether oxygens (including phenoxy) is 3. The summed E-state index contributed by atoms with van der Waals surface area (Å²) < 4.78 is 39.9. The van der Waals surface area contributed by atoms with Gasteiger partial charge in [0.15, 0.2) is 11.5 Å². The summed E-state index contributed by atoms with van der Waals surface area (Å²) in [7, 11) is -3.55. The third-order valence-electron chi connectivity index (χ3n) is 4.24. The minimum Gasteiger partial charge on any atom is -0.490 e. The summed E-state index contributed by atoms with van der Waals surface area (Å²) in [5, 5.41) is 19.0. The van der Waals surface area contributed by atoms with E-state index in [1.54, 1.807) is 18.2 Å². The van der Waals surface area contributed by atoms with Crippen LogP contribution >= 0.6 is 11.3 Å². The fourth-order valence-corrected chi connectivity index (χ4v) is 4.22. The maximum atomic E-state index is 12.5. The number of amides is 1. The summed E-state index contributed by atoms with van der Waals surface area (Å²) in [5.41, 5.74) is 0.315. The molecule has 0 saturated heterocycles. The Morgan fingerprint density at radius 1 is 1.09 bits per heavy atom. The van der Waals surface area contributed by atoms with Gasteiger partial charge in [0.05, 0.1) is 6.61 Å². The van der Waals surface area contributed by atoms with Crippen LogP contribution in [0.4, 0.5) is 5.13 Å². The number of anilines is 1. The van der Waals surface area contributed by atoms with Gasteiger partial charge in [0.25, 0.3) is 5.91 Å². The van der Waals surface area contributed by atoms with Gasteiger partial charge < -0.3 is 14.2 Å². The fourth-order valence-electron chi connectivity index (χ4n) is 2.72. The number of nitriles is 1. The molecule has 0 aliphatic rings. The molecule has 0 aliphatic carbocycles. The van der Waals surface area contributed by atoms with Crippen molar-refractivity contribution in [2.75, 3.05) is 31.4 Å². The molecule has 0 bridgehead atoms. The highest BCUT2D eigenvalue weighted by Crippen LogP contribution is 2.29. The topological polar surface area (TPSA) is 140 Å². The molecule has 0 spiro atoms. The molecular formula is C23H22N4O6S2. The van der Waals surface area contributed by atoms with Gasteiger partial charge in [-0.1, -0.05) is 35.6 Å². The predicted molar refractivity (Wildman–Crippen MR) is 130 cm³/mol. The lowest BCUT2D eigenvalue weighted by molar-refractivity contribution is -0.112. The molecule has 0 unspecified atom stereocenters. The van der Waals surface area contributed by atoms with Crippen LogP contribution in [0.2, 0.25) is 0 Å². The number of sulfone groups is 1. The minimum atomic E-state index is -3.55. The van der Waals surface area contributed by atoms with E-state index in [1.165, 1.54) is 6.08 Å². The summed E-state index contributed by atoms with van der Waals surface area (Å²) >= 11 is 0.696. The van der Waals surface area contributed by atoms with Crippen molar-refractivity contribution in [2.24, 2.45) is 0 Å². The smallest absolute Gasteiger partial charge is 0.268 e. The highest BCUT2D eigenvalue weighted by molar-refractivity contribution is 7.92. The van der Waals surface area contributed by atoms with Crippen molar-refractivity contribution in [1.29, 1.82) is 5.26 Å². The molecule has 3 rings (SSSR count). The van der Waals surface area contributed by atoms with Gasteiger partial charge in [-0.3, -0.25) is 10.1 Å². The van der Waals surface area contributed by atoms with Crippen LogP contribution in [0.15, 0.2) is 58.4 Å². The number of hydrogen-bond acceptors (Lipinski definition) is 10. The van der Waals surface area contributed by atoms with Gasteiger partial charge in [0.1, 0.15) is 30.6 Å². The van der Waals surface area contributed by atoms with Crippen LogP contribution in [-0.2, 0) is 14.6 Å². The summed E-state index contributed by atoms with van der Waals surface area (Å²) in [4.78, 5) is 12.5. The highest BCUT2D eigenvalue weighted by Gasteiger charge is 2.18. The quantitative estimate of drug-likeness (QED) is 0.176. The van der Waals surface area contributed by atoms with E-state index in [0.29, 0.717) is 41.6 Å². The van der Waals surface area contributed by atoms with Crippen molar-refractivity contribution in [3.05, 3.63) is 59.7 Å². The second-order valence-corrected chi connectivity index (χ2v) is 10.1. The normalized spacial score (nSPS) is 11.4. The summed E-state index contributed by atoms with van der Waals surface area (Å²) in [5.74, 6) is 0.927. The monoisotopic (exact) mass is 514 g/mol. The summed E-state index contributed by atoms with van der Waals surface area (Å²) in [6, 6.07) is 16.2. The lowest BCUT2D eigenvalue weighted by Crippen LogP contribution is -2.13. The summed E-state index contributed by atoms with van der Waals surface area (Å²) in [6.45, 7) is 2.83. The Labute approximate surface area is 206 Å². The third kappa shape index (κ3) is 7.53. The average Bonchev–Trinajstić information content (AvgIpc) is 3.31. The number of hydrogen-bond donors (Lipinski definition) is 1. The number of para-hydroxylation sites is 1. The zero-order valence-corrected chi connectivity index (χ0v) is 20.6. The van der Waals surface area contributed by atoms with Crippen molar-refractivity contribution < 1.29 is 27.4 Å². The Morgan fingerprint density at radius 2 is 1.83 bits per heavy atom. The van der Waals surface area contributed by atoms with E-state index in [2.05, 4.69) is 15.5 Å². The molecule has 0 saturated carbocycles. The van der Waals surface area contributed by atoms with Gasteiger partial charge in [-0.2, -0.15) is 5.26 Å². The molecule has 10 nitrogen and oxygen atoms in total. The molecule has 0 atom stereocenters. The second-order valence-electron chi connectivity index (χ2n) is 6.92. The molecule has 1 aromatic heterocycles. The van der Waals surface area contributed by atoms with E-state index in [0.717, 1.165) is 12.0 Å². The van der Waals surface area contributed by atoms with Crippen LogP contribution in [-0.4, -0.2) is 50.6 Å². The van der Waals surface area contributed by atoms with Crippen LogP contribution in [0.5, 0.6) is 17.2 Å². The number of carbonyl (C=O) groups is 1. The molecule has 0 fully saturated rings. The van der Waals surface area contributed by atoms with Crippen molar-refractivity contribution >= 4 is 38.3 Å². The Balaban J connectivity index is 1.68. The first kappa shape index (κ1) is 25.7. The van der Waals surface area contributed by atoms with Gasteiger partial charge >= 0.3 is 0 Å². The molecule has 182 valence electrons. The van der Waals surface area contributed by atoms with Gasteiger partial charge in [-0.05, 0) is 42.8 Å². The maximum absolute atomic E-state index is 12.5. The van der Waals surface area contributed by atoms with Gasteiger partial charge in [0.2, 0.25) is 19.3 Å². The molecule has 3 aromatic rings. The first-order valence-corrected chi connectivity index (χ1v) is 13.0. The van der Waals surface area contributed by atoms with E-state index >= 15 is 0 Å². The van der Waals surface area contributed by atoms with Crippen LogP contribution in [0, 0.1) is 11.3 Å². The Bertz CT molecular complexity index is 1350. The molecule has 2 aromatic carbocycles. The molecule has 1 heterocycles. The predicted octanol–water partition coefficient (Wildman–Crippen LogP) is 3.34. The molecule has 12 heteroatoms. The van der Waals surface area contributed by atoms with Crippen molar-refractivity contribution in [3.8, 4) is 23.3 Å². The van der Waals surface area contributed by atoms with Crippen molar-refractivity contribution in [3.63, 3.8) is 0 Å². The van der Waals surface area contributed by atoms with Gasteiger partial charge in [0, 0.05) is 6.26 Å². The van der Waals surface area contributed by atoms with Crippen LogP contribution in [0.1, 0.15) is 12.5 Å². The standard InChI is InChI=1S/C23H22N4O6S2/c1-3-31-20-14-16(9-10-19(20)33-12-11-32-18-7-5-4-6-8-18)13-17(15-24)21(28)25-22-26-27-23(34-22)35(2,29)30/h4-10,13-14H,3,11-12H2,1-2H3,(H,25,26,28). The molecule has 0 aliphatic heterocycles. The molecule has 1 amide bonds. The van der Waals surface area contributed by atoms with Crippen molar-refractivity contribution in [2.45, 2.75) is 11.3 Å². The first-order valence-electron chi connectivity index (χ1n) is 10.3. The van der Waals surface area contributed by atoms with Crippen molar-refractivity contribution in [1.82, 2.24) is 10.2 Å². The van der Waals surface area contributed by atoms with Crippen LogP contribution in [0.25, 0.3) is 6.08 Å². The summed E-state index contributed by atoms with van der Waals surface area (Å²) in [6.07, 6.45) is 2.36. The molecule has 1 N–H and O–H groups in total. The van der Waals surface area contributed by atoms with E-state index in [9.17, 15) is 18.5 Å². The highest BCUT2D eigenvalue weighted by atomic mass is 32.2. The molecule has 0 radical (unpaired) electrons. The van der Waals surface area contributed by atoms with Gasteiger partial charge in [-0.15, -0.1) is 10.2 Å². The SMILES string of the molecule is CCOc1cc(C=C(C#N)C(=O)Nc2nnc(S(C)(=O)=O)s2)ccc1OCCOc1ccccc1. The number of aromatic nitrogens is 2.